The van der Waals surface area contributed by atoms with Gasteiger partial charge in [-0.15, -0.1) is 0 Å². The number of carbonyl (C=O) groups excluding carboxylic acids is 1. The number of nitrogens with two attached hydrogens (primary N) is 1. The number of rotatable bonds is 2. The van der Waals surface area contributed by atoms with Crippen LogP contribution in [0.2, 0.25) is 0 Å². The van der Waals surface area contributed by atoms with Gasteiger partial charge in [-0.2, -0.15) is 15.4 Å². The van der Waals surface area contributed by atoms with Gasteiger partial charge in [-0.05, 0) is 11.5 Å². The molecule has 3 rings (SSSR count). The molecule has 5 nitrogen and oxygen atoms in total. The maximum Gasteiger partial charge on any atom is 0.271 e. The molecule has 94 valence electrons. The van der Waals surface area contributed by atoms with Gasteiger partial charge in [0.05, 0.1) is 0 Å². The Hall–Kier alpha value is -2.76. The quantitative estimate of drug-likeness (QED) is 0.734. The summed E-state index contributed by atoms with van der Waals surface area (Å²) in [5.41, 5.74) is 6.21. The lowest BCUT2D eigenvalue weighted by Crippen LogP contribution is -2.12. The third kappa shape index (κ3) is 1.74. The number of aromatic amines is 1. The smallest absolute Gasteiger partial charge is 0.271 e. The number of hydrogen-bond donors (Lipinski definition) is 2. The number of amides is 1. The van der Waals surface area contributed by atoms with E-state index in [1.165, 1.54) is 6.07 Å². The van der Waals surface area contributed by atoms with Gasteiger partial charge < -0.3 is 5.73 Å². The Balaban J connectivity index is 2.34. The Morgan fingerprint density at radius 1 is 1.11 bits per heavy atom. The molecule has 0 unspecified atom stereocenters. The molecule has 0 aliphatic carbocycles. The molecule has 0 spiro atoms. The molecule has 3 N–H and O–H groups in total. The number of aromatic nitrogens is 3. The second-order valence-electron chi connectivity index (χ2n) is 4.03. The highest BCUT2D eigenvalue weighted by Crippen LogP contribution is 2.29. The van der Waals surface area contributed by atoms with E-state index >= 15 is 0 Å². The summed E-state index contributed by atoms with van der Waals surface area (Å²) in [4.78, 5) is 11.3. The second-order valence-corrected chi connectivity index (χ2v) is 4.03. The minimum atomic E-state index is -0.683. The molecule has 0 saturated carbocycles. The predicted molar refractivity (Wildman–Crippen MR) is 67.8 cm³/mol. The van der Waals surface area contributed by atoms with E-state index in [-0.39, 0.29) is 11.5 Å². The first-order chi connectivity index (χ1) is 9.18. The number of benzene rings is 2. The third-order valence-corrected chi connectivity index (χ3v) is 2.91. The monoisotopic (exact) mass is 256 g/mol. The van der Waals surface area contributed by atoms with Crippen molar-refractivity contribution >= 4 is 16.7 Å². The van der Waals surface area contributed by atoms with Crippen LogP contribution in [-0.4, -0.2) is 21.3 Å². The third-order valence-electron chi connectivity index (χ3n) is 2.91. The summed E-state index contributed by atoms with van der Waals surface area (Å²) >= 11 is 0. The van der Waals surface area contributed by atoms with E-state index in [2.05, 4.69) is 15.4 Å². The number of fused-ring (bicyclic) bond motifs is 1. The zero-order chi connectivity index (χ0) is 13.4. The maximum atomic E-state index is 13.7. The molecule has 1 aromatic heterocycles. The van der Waals surface area contributed by atoms with Crippen LogP contribution in [0, 0.1) is 5.82 Å². The van der Waals surface area contributed by atoms with Gasteiger partial charge in [0.25, 0.3) is 5.91 Å². The fourth-order valence-electron chi connectivity index (χ4n) is 2.07. The summed E-state index contributed by atoms with van der Waals surface area (Å²) in [7, 11) is 0. The van der Waals surface area contributed by atoms with E-state index in [0.29, 0.717) is 22.0 Å². The van der Waals surface area contributed by atoms with Gasteiger partial charge in [-0.3, -0.25) is 4.79 Å². The molecule has 0 aliphatic heterocycles. The molecule has 1 heterocycles. The highest BCUT2D eigenvalue weighted by molar-refractivity contribution is 6.03. The molecular weight excluding hydrogens is 247 g/mol. The molecule has 0 fully saturated rings. The Kier molecular flexibility index (Phi) is 2.49. The van der Waals surface area contributed by atoms with Crippen molar-refractivity contribution in [3.8, 4) is 11.3 Å². The van der Waals surface area contributed by atoms with Crippen molar-refractivity contribution in [2.75, 3.05) is 0 Å². The van der Waals surface area contributed by atoms with E-state index in [0.717, 1.165) is 0 Å². The van der Waals surface area contributed by atoms with Gasteiger partial charge in [0.1, 0.15) is 11.5 Å². The molecule has 19 heavy (non-hydrogen) atoms. The minimum absolute atomic E-state index is 0.0387. The predicted octanol–water partition coefficient (Wildman–Crippen LogP) is 1.86. The van der Waals surface area contributed by atoms with Gasteiger partial charge in [-0.1, -0.05) is 30.3 Å². The number of carbonyl (C=O) groups is 1. The Morgan fingerprint density at radius 2 is 1.84 bits per heavy atom. The van der Waals surface area contributed by atoms with Gasteiger partial charge in [0.2, 0.25) is 0 Å². The molecule has 0 bridgehead atoms. The summed E-state index contributed by atoms with van der Waals surface area (Å²) < 4.78 is 13.7. The van der Waals surface area contributed by atoms with Crippen LogP contribution < -0.4 is 5.73 Å². The van der Waals surface area contributed by atoms with E-state index in [1.54, 1.807) is 30.3 Å². The summed E-state index contributed by atoms with van der Waals surface area (Å²) in [5.74, 6) is -1.01. The lowest BCUT2D eigenvalue weighted by molar-refractivity contribution is 0.0996. The van der Waals surface area contributed by atoms with Crippen molar-refractivity contribution in [3.05, 3.63) is 47.9 Å². The minimum Gasteiger partial charge on any atom is -0.364 e. The van der Waals surface area contributed by atoms with Crippen molar-refractivity contribution in [3.63, 3.8) is 0 Å². The van der Waals surface area contributed by atoms with Crippen LogP contribution in [0.25, 0.3) is 22.0 Å². The van der Waals surface area contributed by atoms with Crippen LogP contribution in [0.3, 0.4) is 0 Å². The molecule has 6 heteroatoms. The van der Waals surface area contributed by atoms with Gasteiger partial charge in [-0.25, -0.2) is 4.39 Å². The lowest BCUT2D eigenvalue weighted by atomic mass is 10.0. The average molecular weight is 256 g/mol. The fourth-order valence-corrected chi connectivity index (χ4v) is 2.07. The first-order valence-electron chi connectivity index (χ1n) is 5.56. The largest absolute Gasteiger partial charge is 0.364 e. The van der Waals surface area contributed by atoms with E-state index in [9.17, 15) is 9.18 Å². The summed E-state index contributed by atoms with van der Waals surface area (Å²) in [6.45, 7) is 0. The number of nitrogens with one attached hydrogen (secondary N) is 1. The highest BCUT2D eigenvalue weighted by atomic mass is 19.1. The number of hydrogen-bond acceptors (Lipinski definition) is 3. The molecule has 0 atom stereocenters. The van der Waals surface area contributed by atoms with Crippen molar-refractivity contribution in [2.45, 2.75) is 0 Å². The highest BCUT2D eigenvalue weighted by Gasteiger charge is 2.17. The van der Waals surface area contributed by atoms with Crippen LogP contribution in [0.1, 0.15) is 10.5 Å². The molecule has 0 saturated heterocycles. The summed E-state index contributed by atoms with van der Waals surface area (Å²) in [6.07, 6.45) is 0. The normalized spacial score (nSPS) is 10.8. The van der Waals surface area contributed by atoms with Crippen LogP contribution in [-0.2, 0) is 0 Å². The zero-order valence-corrected chi connectivity index (χ0v) is 9.72. The Labute approximate surface area is 107 Å². The molecule has 0 radical (unpaired) electrons. The van der Waals surface area contributed by atoms with Gasteiger partial charge in [0.15, 0.2) is 5.69 Å². The maximum absolute atomic E-state index is 13.7. The van der Waals surface area contributed by atoms with Gasteiger partial charge in [0, 0.05) is 10.9 Å². The van der Waals surface area contributed by atoms with Crippen LogP contribution in [0.5, 0.6) is 0 Å². The number of nitrogens with zero attached hydrogens (tertiary/aromatic N) is 2. The molecule has 1 amide bonds. The molecule has 0 aliphatic rings. The summed E-state index contributed by atoms with van der Waals surface area (Å²) in [6, 6.07) is 9.84. The second kappa shape index (κ2) is 4.16. The number of primary amides is 1. The van der Waals surface area contributed by atoms with Crippen molar-refractivity contribution in [1.29, 1.82) is 0 Å². The average Bonchev–Trinajstić information content (AvgIpc) is 2.88. The van der Waals surface area contributed by atoms with Crippen LogP contribution in [0.15, 0.2) is 36.4 Å². The standard InChI is InChI=1S/C13H9FN4O/c14-10-6-2-3-7-8(10)4-1-5-9(7)11-12(13(15)19)17-18-16-11/h1-6H,(H2,15,19)(H,16,17,18). The molecule has 2 aromatic carbocycles. The van der Waals surface area contributed by atoms with E-state index in [4.69, 9.17) is 5.73 Å². The van der Waals surface area contributed by atoms with E-state index < -0.39 is 5.91 Å². The number of H-pyrrole nitrogens is 1. The Bertz CT molecular complexity index is 781. The topological polar surface area (TPSA) is 84.7 Å². The first kappa shape index (κ1) is 11.3. The van der Waals surface area contributed by atoms with Crippen LogP contribution in [0.4, 0.5) is 4.39 Å². The van der Waals surface area contributed by atoms with Crippen molar-refractivity contribution < 1.29 is 9.18 Å². The summed E-state index contributed by atoms with van der Waals surface area (Å²) in [5, 5.41) is 11.1. The van der Waals surface area contributed by atoms with Crippen molar-refractivity contribution in [1.82, 2.24) is 15.4 Å². The lowest BCUT2D eigenvalue weighted by Gasteiger charge is -2.05. The van der Waals surface area contributed by atoms with E-state index in [1.807, 2.05) is 0 Å². The van der Waals surface area contributed by atoms with Gasteiger partial charge >= 0.3 is 0 Å². The Morgan fingerprint density at radius 3 is 2.63 bits per heavy atom. The zero-order valence-electron chi connectivity index (χ0n) is 9.72. The number of halogens is 1. The first-order valence-corrected chi connectivity index (χ1v) is 5.56. The fraction of sp³-hybridized carbons (Fsp3) is 0. The van der Waals surface area contributed by atoms with Crippen LogP contribution >= 0.6 is 0 Å². The SMILES string of the molecule is NC(=O)c1n[nH]nc1-c1cccc2c(F)cccc12. The van der Waals surface area contributed by atoms with Crippen molar-refractivity contribution in [2.24, 2.45) is 5.73 Å². The molecule has 3 aromatic rings. The molecular formula is C13H9FN4O.